The van der Waals surface area contributed by atoms with E-state index in [1.165, 1.54) is 0 Å². The summed E-state index contributed by atoms with van der Waals surface area (Å²) in [6, 6.07) is 14.0. The van der Waals surface area contributed by atoms with E-state index < -0.39 is 6.04 Å². The van der Waals surface area contributed by atoms with Gasteiger partial charge in [0.15, 0.2) is 0 Å². The van der Waals surface area contributed by atoms with E-state index in [9.17, 15) is 9.59 Å². The molecule has 2 amide bonds. The Balaban J connectivity index is 2.02. The van der Waals surface area contributed by atoms with E-state index in [4.69, 9.17) is 4.74 Å². The van der Waals surface area contributed by atoms with Crippen molar-refractivity contribution in [2.45, 2.75) is 12.5 Å². The number of benzene rings is 2. The van der Waals surface area contributed by atoms with E-state index in [0.717, 1.165) is 11.3 Å². The third kappa shape index (κ3) is 2.65. The molecule has 1 atom stereocenters. The molecule has 1 aliphatic heterocycles. The Morgan fingerprint density at radius 2 is 1.96 bits per heavy atom. The molecule has 0 spiro atoms. The number of carbonyl (C=O) groups is 2. The molecule has 0 bridgehead atoms. The molecule has 2 aromatic rings. The van der Waals surface area contributed by atoms with Gasteiger partial charge in [-0.3, -0.25) is 14.5 Å². The molecule has 0 saturated carbocycles. The number of methoxy groups -OCH3 is 1. The molecule has 3 rings (SSSR count). The van der Waals surface area contributed by atoms with Crippen LogP contribution in [0.15, 0.2) is 48.5 Å². The van der Waals surface area contributed by atoms with Crippen LogP contribution in [-0.2, 0) is 11.2 Å². The van der Waals surface area contributed by atoms with Gasteiger partial charge >= 0.3 is 0 Å². The van der Waals surface area contributed by atoms with Crippen LogP contribution in [0.3, 0.4) is 0 Å². The molecular weight excluding hydrogens is 292 g/mol. The lowest BCUT2D eigenvalue weighted by atomic mass is 10.1. The van der Waals surface area contributed by atoms with Gasteiger partial charge in [0.25, 0.3) is 5.91 Å². The van der Waals surface area contributed by atoms with Crippen molar-refractivity contribution >= 4 is 17.5 Å². The van der Waals surface area contributed by atoms with Gasteiger partial charge in [-0.2, -0.15) is 0 Å². The molecule has 0 fully saturated rings. The van der Waals surface area contributed by atoms with Gasteiger partial charge in [0.05, 0.1) is 7.11 Å². The van der Waals surface area contributed by atoms with Crippen molar-refractivity contribution in [3.05, 3.63) is 59.7 Å². The fraction of sp³-hybridized carbons (Fsp3) is 0.222. The fourth-order valence-corrected chi connectivity index (χ4v) is 2.91. The molecule has 2 aromatic carbocycles. The Kier molecular flexibility index (Phi) is 4.02. The predicted octanol–water partition coefficient (Wildman–Crippen LogP) is 2.01. The van der Waals surface area contributed by atoms with Gasteiger partial charge in [-0.25, -0.2) is 0 Å². The highest BCUT2D eigenvalue weighted by Gasteiger charge is 2.38. The Labute approximate surface area is 134 Å². The molecule has 0 saturated heterocycles. The van der Waals surface area contributed by atoms with Crippen molar-refractivity contribution in [1.82, 2.24) is 5.32 Å². The highest BCUT2D eigenvalue weighted by molar-refractivity contribution is 6.11. The van der Waals surface area contributed by atoms with E-state index in [1.54, 1.807) is 43.3 Å². The van der Waals surface area contributed by atoms with Crippen LogP contribution in [0.5, 0.6) is 5.75 Å². The summed E-state index contributed by atoms with van der Waals surface area (Å²) in [5.41, 5.74) is 2.28. The maximum absolute atomic E-state index is 13.0. The maximum atomic E-state index is 13.0. The number of para-hydroxylation sites is 1. The number of ether oxygens (including phenoxy) is 1. The zero-order valence-electron chi connectivity index (χ0n) is 13.1. The number of hydrogen-bond acceptors (Lipinski definition) is 3. The van der Waals surface area contributed by atoms with Crippen LogP contribution in [0.4, 0.5) is 5.69 Å². The van der Waals surface area contributed by atoms with Gasteiger partial charge < -0.3 is 10.1 Å². The Hall–Kier alpha value is -2.82. The summed E-state index contributed by atoms with van der Waals surface area (Å²) in [7, 11) is 3.14. The molecule has 23 heavy (non-hydrogen) atoms. The van der Waals surface area contributed by atoms with Crippen LogP contribution >= 0.6 is 0 Å². The maximum Gasteiger partial charge on any atom is 0.259 e. The minimum atomic E-state index is -0.531. The topological polar surface area (TPSA) is 58.6 Å². The Bertz CT molecular complexity index is 757. The Morgan fingerprint density at radius 3 is 2.70 bits per heavy atom. The monoisotopic (exact) mass is 310 g/mol. The number of nitrogens with one attached hydrogen (secondary N) is 1. The van der Waals surface area contributed by atoms with E-state index in [-0.39, 0.29) is 11.8 Å². The van der Waals surface area contributed by atoms with Crippen LogP contribution in [0, 0.1) is 0 Å². The van der Waals surface area contributed by atoms with Crippen molar-refractivity contribution in [3.8, 4) is 5.75 Å². The highest BCUT2D eigenvalue weighted by Crippen LogP contribution is 2.33. The molecular formula is C18H18N2O3. The van der Waals surface area contributed by atoms with E-state index >= 15 is 0 Å². The van der Waals surface area contributed by atoms with E-state index in [0.29, 0.717) is 17.7 Å². The molecule has 5 heteroatoms. The van der Waals surface area contributed by atoms with Gasteiger partial charge in [0, 0.05) is 24.7 Å². The zero-order chi connectivity index (χ0) is 16.4. The minimum absolute atomic E-state index is 0.169. The van der Waals surface area contributed by atoms with Gasteiger partial charge in [-0.1, -0.05) is 24.3 Å². The predicted molar refractivity (Wildman–Crippen MR) is 87.8 cm³/mol. The third-order valence-electron chi connectivity index (χ3n) is 4.06. The second-order valence-electron chi connectivity index (χ2n) is 5.37. The number of hydrogen-bond donors (Lipinski definition) is 1. The van der Waals surface area contributed by atoms with E-state index in [1.807, 2.05) is 24.3 Å². The zero-order valence-corrected chi connectivity index (χ0v) is 13.1. The first-order valence-electron chi connectivity index (χ1n) is 7.43. The lowest BCUT2D eigenvalue weighted by Gasteiger charge is -2.24. The summed E-state index contributed by atoms with van der Waals surface area (Å²) < 4.78 is 5.18. The summed E-state index contributed by atoms with van der Waals surface area (Å²) in [4.78, 5) is 26.8. The first-order chi connectivity index (χ1) is 11.2. The SMILES string of the molecule is CNC(=O)[C@@H]1Cc2ccccc2N1C(=O)c1cccc(OC)c1. The molecule has 1 N–H and O–H groups in total. The van der Waals surface area contributed by atoms with Crippen LogP contribution in [0.25, 0.3) is 0 Å². The fourth-order valence-electron chi connectivity index (χ4n) is 2.91. The molecule has 0 aromatic heterocycles. The number of anilines is 1. The molecule has 118 valence electrons. The average Bonchev–Trinajstić information content (AvgIpc) is 2.99. The lowest BCUT2D eigenvalue weighted by molar-refractivity contribution is -0.121. The summed E-state index contributed by atoms with van der Waals surface area (Å²) >= 11 is 0. The summed E-state index contributed by atoms with van der Waals surface area (Å²) in [5, 5.41) is 2.64. The van der Waals surface area contributed by atoms with Crippen LogP contribution in [0.1, 0.15) is 15.9 Å². The van der Waals surface area contributed by atoms with Gasteiger partial charge in [0.1, 0.15) is 11.8 Å². The molecule has 0 radical (unpaired) electrons. The van der Waals surface area contributed by atoms with Crippen LogP contribution in [0.2, 0.25) is 0 Å². The molecule has 0 unspecified atom stereocenters. The standard InChI is InChI=1S/C18H18N2O3/c1-19-17(21)16-11-12-6-3-4-9-15(12)20(16)18(22)13-7-5-8-14(10-13)23-2/h3-10,16H,11H2,1-2H3,(H,19,21)/t16-/m0/s1. The first-order valence-corrected chi connectivity index (χ1v) is 7.43. The number of amides is 2. The van der Waals surface area contributed by atoms with Crippen molar-refractivity contribution in [1.29, 1.82) is 0 Å². The number of nitrogens with zero attached hydrogens (tertiary/aromatic N) is 1. The molecule has 1 aliphatic rings. The van der Waals surface area contributed by atoms with Crippen molar-refractivity contribution in [2.75, 3.05) is 19.1 Å². The normalized spacial score (nSPS) is 15.9. The lowest BCUT2D eigenvalue weighted by Crippen LogP contribution is -2.47. The summed E-state index contributed by atoms with van der Waals surface area (Å²) in [5.74, 6) is 0.236. The molecule has 0 aliphatic carbocycles. The van der Waals surface area contributed by atoms with Crippen molar-refractivity contribution < 1.29 is 14.3 Å². The van der Waals surface area contributed by atoms with E-state index in [2.05, 4.69) is 5.32 Å². The van der Waals surface area contributed by atoms with Gasteiger partial charge in [-0.15, -0.1) is 0 Å². The first kappa shape index (κ1) is 15.1. The smallest absolute Gasteiger partial charge is 0.259 e. The second-order valence-corrected chi connectivity index (χ2v) is 5.37. The average molecular weight is 310 g/mol. The van der Waals surface area contributed by atoms with Crippen molar-refractivity contribution in [3.63, 3.8) is 0 Å². The molecule has 5 nitrogen and oxygen atoms in total. The van der Waals surface area contributed by atoms with Gasteiger partial charge in [-0.05, 0) is 29.8 Å². The van der Waals surface area contributed by atoms with Crippen LogP contribution < -0.4 is 15.0 Å². The number of fused-ring (bicyclic) bond motifs is 1. The van der Waals surface area contributed by atoms with Gasteiger partial charge in [0.2, 0.25) is 5.91 Å². The van der Waals surface area contributed by atoms with Crippen molar-refractivity contribution in [2.24, 2.45) is 0 Å². The second kappa shape index (κ2) is 6.12. The molecule has 1 heterocycles. The third-order valence-corrected chi connectivity index (χ3v) is 4.06. The minimum Gasteiger partial charge on any atom is -0.497 e. The summed E-state index contributed by atoms with van der Waals surface area (Å²) in [6.07, 6.45) is 0.519. The number of carbonyl (C=O) groups excluding carboxylic acids is 2. The highest BCUT2D eigenvalue weighted by atomic mass is 16.5. The largest absolute Gasteiger partial charge is 0.497 e. The summed E-state index contributed by atoms with van der Waals surface area (Å²) in [6.45, 7) is 0. The number of likely N-dealkylation sites (N-methyl/N-ethyl adjacent to an activating group) is 1. The Morgan fingerprint density at radius 1 is 1.17 bits per heavy atom. The van der Waals surface area contributed by atoms with Crippen LogP contribution in [-0.4, -0.2) is 32.0 Å². The quantitative estimate of drug-likeness (QED) is 0.943. The number of rotatable bonds is 3.